The van der Waals surface area contributed by atoms with Crippen molar-refractivity contribution in [2.45, 2.75) is 6.42 Å². The lowest BCUT2D eigenvalue weighted by molar-refractivity contribution is 0.838. The fraction of sp³-hybridized carbons (Fsp3) is 0.143. The summed E-state index contributed by atoms with van der Waals surface area (Å²) in [5.41, 5.74) is 5.17. The Morgan fingerprint density at radius 1 is 1.26 bits per heavy atom. The third-order valence-corrected chi connectivity index (χ3v) is 3.40. The SMILES string of the molecule is S=C(NCCc1ccccc1)N/N=C/c1ccsc1. The van der Waals surface area contributed by atoms with Gasteiger partial charge in [-0.3, -0.25) is 5.43 Å². The van der Waals surface area contributed by atoms with E-state index in [0.29, 0.717) is 5.11 Å². The van der Waals surface area contributed by atoms with Gasteiger partial charge in [-0.15, -0.1) is 0 Å². The number of benzene rings is 1. The third kappa shape index (κ3) is 5.19. The first-order valence-corrected chi connectivity index (χ1v) is 7.33. The molecule has 0 radical (unpaired) electrons. The van der Waals surface area contributed by atoms with Crippen LogP contribution in [-0.4, -0.2) is 17.9 Å². The predicted molar refractivity (Wildman–Crippen MR) is 85.8 cm³/mol. The Morgan fingerprint density at radius 2 is 2.11 bits per heavy atom. The number of nitrogens with one attached hydrogen (secondary N) is 2. The van der Waals surface area contributed by atoms with Crippen molar-refractivity contribution in [3.05, 3.63) is 58.3 Å². The van der Waals surface area contributed by atoms with Crippen molar-refractivity contribution in [3.8, 4) is 0 Å². The minimum Gasteiger partial charge on any atom is -0.361 e. The molecule has 0 saturated carbocycles. The minimum absolute atomic E-state index is 0.544. The van der Waals surface area contributed by atoms with E-state index in [0.717, 1.165) is 18.5 Å². The Kier molecular flexibility index (Phi) is 5.52. The van der Waals surface area contributed by atoms with E-state index in [-0.39, 0.29) is 0 Å². The number of hydrogen-bond acceptors (Lipinski definition) is 3. The maximum atomic E-state index is 5.13. The molecule has 0 aliphatic rings. The Morgan fingerprint density at radius 3 is 2.84 bits per heavy atom. The summed E-state index contributed by atoms with van der Waals surface area (Å²) in [7, 11) is 0. The molecule has 0 aliphatic carbocycles. The van der Waals surface area contributed by atoms with Gasteiger partial charge in [0.15, 0.2) is 5.11 Å². The zero-order chi connectivity index (χ0) is 13.3. The molecule has 0 spiro atoms. The Bertz CT molecular complexity index is 521. The third-order valence-electron chi connectivity index (χ3n) is 2.46. The molecule has 0 unspecified atom stereocenters. The molecule has 1 heterocycles. The van der Waals surface area contributed by atoms with E-state index in [4.69, 9.17) is 12.2 Å². The molecule has 0 atom stereocenters. The van der Waals surface area contributed by atoms with Crippen LogP contribution in [0.2, 0.25) is 0 Å². The van der Waals surface area contributed by atoms with E-state index in [9.17, 15) is 0 Å². The largest absolute Gasteiger partial charge is 0.361 e. The van der Waals surface area contributed by atoms with Gasteiger partial charge in [-0.2, -0.15) is 16.4 Å². The number of thiophene rings is 1. The van der Waals surface area contributed by atoms with Crippen LogP contribution in [0.15, 0.2) is 52.3 Å². The summed E-state index contributed by atoms with van der Waals surface area (Å²) in [5, 5.41) is 11.8. The normalized spacial score (nSPS) is 10.5. The van der Waals surface area contributed by atoms with Crippen LogP contribution >= 0.6 is 23.6 Å². The first-order chi connectivity index (χ1) is 9.34. The first kappa shape index (κ1) is 13.7. The maximum absolute atomic E-state index is 5.13. The molecule has 0 fully saturated rings. The molecule has 19 heavy (non-hydrogen) atoms. The Labute approximate surface area is 122 Å². The first-order valence-electron chi connectivity index (χ1n) is 5.97. The molecule has 2 N–H and O–H groups in total. The van der Waals surface area contributed by atoms with Crippen molar-refractivity contribution in [1.29, 1.82) is 0 Å². The van der Waals surface area contributed by atoms with Crippen molar-refractivity contribution in [2.24, 2.45) is 5.10 Å². The van der Waals surface area contributed by atoms with Gasteiger partial charge >= 0.3 is 0 Å². The molecule has 0 saturated heterocycles. The quantitative estimate of drug-likeness (QED) is 0.505. The molecule has 0 bridgehead atoms. The van der Waals surface area contributed by atoms with E-state index in [1.54, 1.807) is 17.6 Å². The van der Waals surface area contributed by atoms with Crippen molar-refractivity contribution in [2.75, 3.05) is 6.54 Å². The highest BCUT2D eigenvalue weighted by atomic mass is 32.1. The highest BCUT2D eigenvalue weighted by Gasteiger charge is 1.94. The predicted octanol–water partition coefficient (Wildman–Crippen LogP) is 2.79. The summed E-state index contributed by atoms with van der Waals surface area (Å²) < 4.78 is 0. The fourth-order valence-corrected chi connectivity index (χ4v) is 2.28. The van der Waals surface area contributed by atoms with Crippen molar-refractivity contribution >= 4 is 34.9 Å². The highest BCUT2D eigenvalue weighted by molar-refractivity contribution is 7.80. The van der Waals surface area contributed by atoms with Gasteiger partial charge in [-0.25, -0.2) is 0 Å². The molecule has 98 valence electrons. The van der Waals surface area contributed by atoms with Crippen LogP contribution in [0.3, 0.4) is 0 Å². The minimum atomic E-state index is 0.544. The van der Waals surface area contributed by atoms with Crippen LogP contribution in [0, 0.1) is 0 Å². The summed E-state index contributed by atoms with van der Waals surface area (Å²) in [5.74, 6) is 0. The lowest BCUT2D eigenvalue weighted by Gasteiger charge is -2.06. The number of hydrazone groups is 1. The second-order valence-corrected chi connectivity index (χ2v) is 5.11. The lowest BCUT2D eigenvalue weighted by atomic mass is 10.1. The number of nitrogens with zero attached hydrogens (tertiary/aromatic N) is 1. The second kappa shape index (κ2) is 7.66. The van der Waals surface area contributed by atoms with Crippen molar-refractivity contribution in [3.63, 3.8) is 0 Å². The molecule has 2 rings (SSSR count). The van der Waals surface area contributed by atoms with Crippen LogP contribution < -0.4 is 10.7 Å². The summed E-state index contributed by atoms with van der Waals surface area (Å²) in [6.45, 7) is 0.795. The highest BCUT2D eigenvalue weighted by Crippen LogP contribution is 2.01. The maximum Gasteiger partial charge on any atom is 0.186 e. The van der Waals surface area contributed by atoms with Gasteiger partial charge in [0.05, 0.1) is 6.21 Å². The topological polar surface area (TPSA) is 36.4 Å². The summed E-state index contributed by atoms with van der Waals surface area (Å²) >= 11 is 6.77. The van der Waals surface area contributed by atoms with Gasteiger partial charge in [-0.1, -0.05) is 30.3 Å². The van der Waals surface area contributed by atoms with Crippen molar-refractivity contribution in [1.82, 2.24) is 10.7 Å². The molecule has 0 amide bonds. The Balaban J connectivity index is 1.65. The molecule has 0 aliphatic heterocycles. The van der Waals surface area contributed by atoms with Gasteiger partial charge in [0.25, 0.3) is 0 Å². The van der Waals surface area contributed by atoms with E-state index in [1.807, 2.05) is 35.0 Å². The molecule has 5 heteroatoms. The van der Waals surface area contributed by atoms with Crippen LogP contribution in [0.4, 0.5) is 0 Å². The molecular formula is C14H15N3S2. The van der Waals surface area contributed by atoms with E-state index in [2.05, 4.69) is 28.0 Å². The summed E-state index contributed by atoms with van der Waals surface area (Å²) in [6.07, 6.45) is 2.69. The fourth-order valence-electron chi connectivity index (χ4n) is 1.52. The second-order valence-electron chi connectivity index (χ2n) is 3.92. The van der Waals surface area contributed by atoms with Gasteiger partial charge in [0, 0.05) is 12.1 Å². The zero-order valence-electron chi connectivity index (χ0n) is 10.4. The monoisotopic (exact) mass is 289 g/mol. The zero-order valence-corrected chi connectivity index (χ0v) is 12.0. The van der Waals surface area contributed by atoms with Crippen molar-refractivity contribution < 1.29 is 0 Å². The van der Waals surface area contributed by atoms with E-state index >= 15 is 0 Å². The van der Waals surface area contributed by atoms with Gasteiger partial charge in [0.1, 0.15) is 0 Å². The lowest BCUT2D eigenvalue weighted by Crippen LogP contribution is -2.33. The van der Waals surface area contributed by atoms with Crippen LogP contribution in [0.5, 0.6) is 0 Å². The number of thiocarbonyl (C=S) groups is 1. The summed E-state index contributed by atoms with van der Waals surface area (Å²) in [4.78, 5) is 0. The van der Waals surface area contributed by atoms with E-state index in [1.165, 1.54) is 5.56 Å². The molecular weight excluding hydrogens is 274 g/mol. The average Bonchev–Trinajstić information content (AvgIpc) is 2.93. The van der Waals surface area contributed by atoms with Gasteiger partial charge in [-0.05, 0) is 41.0 Å². The smallest absolute Gasteiger partial charge is 0.186 e. The number of hydrogen-bond donors (Lipinski definition) is 2. The van der Waals surface area contributed by atoms with Crippen LogP contribution in [-0.2, 0) is 6.42 Å². The Hall–Kier alpha value is -1.72. The van der Waals surface area contributed by atoms with Crippen LogP contribution in [0.1, 0.15) is 11.1 Å². The standard InChI is InChI=1S/C14H15N3S2/c18-14(17-16-10-13-7-9-19-11-13)15-8-6-12-4-2-1-3-5-12/h1-5,7,9-11H,6,8H2,(H2,15,17,18)/b16-10+. The van der Waals surface area contributed by atoms with Gasteiger partial charge in [0.2, 0.25) is 0 Å². The average molecular weight is 289 g/mol. The molecule has 1 aromatic carbocycles. The van der Waals surface area contributed by atoms with Gasteiger partial charge < -0.3 is 5.32 Å². The summed E-state index contributed by atoms with van der Waals surface area (Å²) in [6, 6.07) is 12.3. The van der Waals surface area contributed by atoms with E-state index < -0.39 is 0 Å². The molecule has 2 aromatic rings. The van der Waals surface area contributed by atoms with Crippen LogP contribution in [0.25, 0.3) is 0 Å². The number of rotatable bonds is 5. The molecule has 3 nitrogen and oxygen atoms in total. The molecule has 1 aromatic heterocycles.